The lowest BCUT2D eigenvalue weighted by Crippen LogP contribution is -2.44. The van der Waals surface area contributed by atoms with Gasteiger partial charge < -0.3 is 20.3 Å². The first-order valence-electron chi connectivity index (χ1n) is 11.9. The van der Waals surface area contributed by atoms with E-state index in [1.807, 2.05) is 24.5 Å². The van der Waals surface area contributed by atoms with Gasteiger partial charge in [-0.1, -0.05) is 6.07 Å². The summed E-state index contributed by atoms with van der Waals surface area (Å²) in [6, 6.07) is 8.65. The van der Waals surface area contributed by atoms with Gasteiger partial charge in [0, 0.05) is 49.5 Å². The number of ether oxygens (including phenoxy) is 1. The number of anilines is 3. The standard InChI is InChI=1S/C26H26FN7O/c1-35-21-4-2-3-19(24(21)27)31-22-13-17(7-8-30-22)25-32-20-15-29-14-18(16-5-6-16)23(20)26(33-25)34-11-9-28-10-12-34/h2-4,7-8,13-16,28H,5-6,9-12H2,1H3,(H,30,31). The number of pyridine rings is 2. The molecule has 9 heteroatoms. The number of hydrogen-bond donors (Lipinski definition) is 2. The fourth-order valence-electron chi connectivity index (χ4n) is 4.57. The predicted octanol–water partition coefficient (Wildman–Crippen LogP) is 4.27. The number of rotatable bonds is 6. The Morgan fingerprint density at radius 2 is 1.97 bits per heavy atom. The van der Waals surface area contributed by atoms with Crippen LogP contribution in [0.2, 0.25) is 0 Å². The van der Waals surface area contributed by atoms with Crippen molar-refractivity contribution >= 4 is 28.2 Å². The maximum absolute atomic E-state index is 14.7. The van der Waals surface area contributed by atoms with Crippen molar-refractivity contribution < 1.29 is 9.13 Å². The molecule has 35 heavy (non-hydrogen) atoms. The summed E-state index contributed by atoms with van der Waals surface area (Å²) in [5.41, 5.74) is 3.17. The summed E-state index contributed by atoms with van der Waals surface area (Å²) in [5, 5.41) is 7.58. The number of fused-ring (bicyclic) bond motifs is 1. The van der Waals surface area contributed by atoms with Gasteiger partial charge in [-0.15, -0.1) is 0 Å². The van der Waals surface area contributed by atoms with Crippen molar-refractivity contribution in [3.05, 3.63) is 60.3 Å². The van der Waals surface area contributed by atoms with Gasteiger partial charge in [-0.05, 0) is 48.6 Å². The van der Waals surface area contributed by atoms with Crippen LogP contribution < -0.4 is 20.3 Å². The Morgan fingerprint density at radius 1 is 1.11 bits per heavy atom. The molecule has 2 N–H and O–H groups in total. The Morgan fingerprint density at radius 3 is 2.77 bits per heavy atom. The molecule has 1 aromatic carbocycles. The van der Waals surface area contributed by atoms with Crippen LogP contribution in [0.4, 0.5) is 21.7 Å². The molecule has 2 fully saturated rings. The first-order chi connectivity index (χ1) is 17.2. The van der Waals surface area contributed by atoms with Crippen LogP contribution in [0.1, 0.15) is 24.3 Å². The van der Waals surface area contributed by atoms with Crippen LogP contribution in [0.3, 0.4) is 0 Å². The number of halogens is 1. The van der Waals surface area contributed by atoms with Crippen molar-refractivity contribution in [2.45, 2.75) is 18.8 Å². The third kappa shape index (κ3) is 4.23. The number of nitrogens with one attached hydrogen (secondary N) is 2. The molecule has 0 unspecified atom stereocenters. The molecule has 6 rings (SSSR count). The third-order valence-corrected chi connectivity index (χ3v) is 6.51. The second-order valence-electron chi connectivity index (χ2n) is 8.88. The quantitative estimate of drug-likeness (QED) is 0.431. The monoisotopic (exact) mass is 471 g/mol. The summed E-state index contributed by atoms with van der Waals surface area (Å²) < 4.78 is 19.8. The predicted molar refractivity (Wildman–Crippen MR) is 134 cm³/mol. The Labute approximate surface area is 202 Å². The van der Waals surface area contributed by atoms with E-state index in [-0.39, 0.29) is 11.4 Å². The largest absolute Gasteiger partial charge is 0.494 e. The second kappa shape index (κ2) is 9.07. The van der Waals surface area contributed by atoms with Gasteiger partial charge in [0.1, 0.15) is 11.6 Å². The van der Waals surface area contributed by atoms with Crippen LogP contribution in [0.15, 0.2) is 48.9 Å². The molecule has 1 aliphatic heterocycles. The molecular weight excluding hydrogens is 445 g/mol. The molecule has 8 nitrogen and oxygen atoms in total. The Bertz CT molecular complexity index is 1390. The van der Waals surface area contributed by atoms with Crippen molar-refractivity contribution in [2.24, 2.45) is 0 Å². The molecule has 0 atom stereocenters. The van der Waals surface area contributed by atoms with Crippen molar-refractivity contribution in [3.63, 3.8) is 0 Å². The second-order valence-corrected chi connectivity index (χ2v) is 8.88. The molecule has 0 bridgehead atoms. The molecule has 178 valence electrons. The Balaban J connectivity index is 1.42. The highest BCUT2D eigenvalue weighted by Gasteiger charge is 2.29. The van der Waals surface area contributed by atoms with E-state index in [2.05, 4.69) is 25.5 Å². The van der Waals surface area contributed by atoms with Gasteiger partial charge in [-0.25, -0.2) is 19.3 Å². The van der Waals surface area contributed by atoms with Gasteiger partial charge in [-0.3, -0.25) is 4.98 Å². The Hall–Kier alpha value is -3.85. The van der Waals surface area contributed by atoms with Crippen molar-refractivity contribution in [3.8, 4) is 17.1 Å². The van der Waals surface area contributed by atoms with Crippen LogP contribution in [0.25, 0.3) is 22.3 Å². The molecule has 0 spiro atoms. The molecule has 4 aromatic rings. The van der Waals surface area contributed by atoms with Crippen molar-refractivity contribution in [2.75, 3.05) is 43.5 Å². The lowest BCUT2D eigenvalue weighted by molar-refractivity contribution is 0.387. The van der Waals surface area contributed by atoms with E-state index in [0.29, 0.717) is 17.6 Å². The highest BCUT2D eigenvalue weighted by atomic mass is 19.1. The first-order valence-corrected chi connectivity index (χ1v) is 11.9. The molecule has 1 saturated carbocycles. The van der Waals surface area contributed by atoms with Crippen LogP contribution in [0.5, 0.6) is 5.75 Å². The van der Waals surface area contributed by atoms with Crippen LogP contribution in [0, 0.1) is 5.82 Å². The zero-order chi connectivity index (χ0) is 23.8. The van der Waals surface area contributed by atoms with Gasteiger partial charge in [0.25, 0.3) is 0 Å². The SMILES string of the molecule is COc1cccc(Nc2cc(-c3nc(N4CCNCC4)c4c(C5CC5)cncc4n3)ccn2)c1F. The number of benzene rings is 1. The van der Waals surface area contributed by atoms with Crippen LogP contribution >= 0.6 is 0 Å². The van der Waals surface area contributed by atoms with Gasteiger partial charge in [0.2, 0.25) is 0 Å². The van der Waals surface area contributed by atoms with E-state index < -0.39 is 5.82 Å². The smallest absolute Gasteiger partial charge is 0.188 e. The topological polar surface area (TPSA) is 88.1 Å². The number of methoxy groups -OCH3 is 1. The van der Waals surface area contributed by atoms with Crippen LogP contribution in [-0.4, -0.2) is 53.2 Å². The molecule has 4 heterocycles. The molecular formula is C26H26FN7O. The molecule has 1 aliphatic carbocycles. The highest BCUT2D eigenvalue weighted by molar-refractivity contribution is 5.94. The lowest BCUT2D eigenvalue weighted by atomic mass is 10.1. The third-order valence-electron chi connectivity index (χ3n) is 6.51. The molecule has 0 radical (unpaired) electrons. The van der Waals surface area contributed by atoms with E-state index in [1.54, 1.807) is 24.4 Å². The zero-order valence-electron chi connectivity index (χ0n) is 19.5. The average molecular weight is 472 g/mol. The summed E-state index contributed by atoms with van der Waals surface area (Å²) in [7, 11) is 1.44. The highest BCUT2D eigenvalue weighted by Crippen LogP contribution is 2.44. The van der Waals surface area contributed by atoms with Crippen molar-refractivity contribution in [1.29, 1.82) is 0 Å². The minimum Gasteiger partial charge on any atom is -0.494 e. The van der Waals surface area contributed by atoms with Gasteiger partial charge in [0.15, 0.2) is 17.4 Å². The van der Waals surface area contributed by atoms with Gasteiger partial charge >= 0.3 is 0 Å². The van der Waals surface area contributed by atoms with E-state index in [9.17, 15) is 4.39 Å². The van der Waals surface area contributed by atoms with E-state index in [1.165, 1.54) is 25.5 Å². The summed E-state index contributed by atoms with van der Waals surface area (Å²) >= 11 is 0. The van der Waals surface area contributed by atoms with Gasteiger partial charge in [0.05, 0.1) is 24.5 Å². The van der Waals surface area contributed by atoms with Crippen LogP contribution in [-0.2, 0) is 0 Å². The first kappa shape index (κ1) is 21.7. The average Bonchev–Trinajstić information content (AvgIpc) is 3.75. The minimum atomic E-state index is -0.469. The number of hydrogen-bond acceptors (Lipinski definition) is 8. The molecule has 0 amide bonds. The Kier molecular flexibility index (Phi) is 5.61. The number of aromatic nitrogens is 4. The minimum absolute atomic E-state index is 0.170. The maximum atomic E-state index is 14.7. The number of nitrogens with zero attached hydrogens (tertiary/aromatic N) is 5. The van der Waals surface area contributed by atoms with Crippen molar-refractivity contribution in [1.82, 2.24) is 25.3 Å². The lowest BCUT2D eigenvalue weighted by Gasteiger charge is -2.30. The van der Waals surface area contributed by atoms with E-state index in [4.69, 9.17) is 14.7 Å². The van der Waals surface area contributed by atoms with E-state index in [0.717, 1.165) is 48.5 Å². The van der Waals surface area contributed by atoms with Gasteiger partial charge in [-0.2, -0.15) is 0 Å². The maximum Gasteiger partial charge on any atom is 0.188 e. The van der Waals surface area contributed by atoms with E-state index >= 15 is 0 Å². The fourth-order valence-corrected chi connectivity index (χ4v) is 4.57. The summed E-state index contributed by atoms with van der Waals surface area (Å²) in [5.74, 6) is 2.29. The summed E-state index contributed by atoms with van der Waals surface area (Å²) in [4.78, 5) is 21.2. The molecule has 2 aliphatic rings. The normalized spacial score (nSPS) is 15.9. The summed E-state index contributed by atoms with van der Waals surface area (Å²) in [6.07, 6.45) is 7.84. The number of piperazine rings is 1. The summed E-state index contributed by atoms with van der Waals surface area (Å²) in [6.45, 7) is 3.60. The fraction of sp³-hybridized carbons (Fsp3) is 0.308. The zero-order valence-corrected chi connectivity index (χ0v) is 19.5. The molecule has 1 saturated heterocycles. The molecule has 3 aromatic heterocycles.